The number of carbonyl (C=O) groups is 2. The Morgan fingerprint density at radius 3 is 2.57 bits per heavy atom. The van der Waals surface area contributed by atoms with Crippen molar-refractivity contribution in [1.29, 1.82) is 0 Å². The molecule has 8 heteroatoms. The van der Waals surface area contributed by atoms with Crippen LogP contribution < -0.4 is 4.90 Å². The number of aliphatic hydroxyl groups is 1. The molecular formula is C22H16ClFN2O3S. The molecule has 1 fully saturated rings. The fourth-order valence-corrected chi connectivity index (χ4v) is 5.20. The van der Waals surface area contributed by atoms with Crippen LogP contribution in [0, 0.1) is 11.7 Å². The number of halogens is 2. The lowest BCUT2D eigenvalue weighted by Crippen LogP contribution is -2.32. The Morgan fingerprint density at radius 1 is 1.20 bits per heavy atom. The van der Waals surface area contributed by atoms with E-state index in [0.29, 0.717) is 21.2 Å². The van der Waals surface area contributed by atoms with E-state index in [-0.39, 0.29) is 17.3 Å². The lowest BCUT2D eigenvalue weighted by Gasteiger charge is -2.28. The van der Waals surface area contributed by atoms with Crippen molar-refractivity contribution in [3.05, 3.63) is 70.2 Å². The van der Waals surface area contributed by atoms with Crippen molar-refractivity contribution in [2.75, 3.05) is 4.90 Å². The van der Waals surface area contributed by atoms with Crippen molar-refractivity contribution in [1.82, 2.24) is 4.98 Å². The van der Waals surface area contributed by atoms with Crippen molar-refractivity contribution in [2.45, 2.75) is 25.3 Å². The predicted molar refractivity (Wildman–Crippen MR) is 113 cm³/mol. The maximum Gasteiger partial charge on any atom is 0.296 e. The van der Waals surface area contributed by atoms with Gasteiger partial charge in [0.05, 0.1) is 21.3 Å². The quantitative estimate of drug-likeness (QED) is 0.590. The summed E-state index contributed by atoms with van der Waals surface area (Å²) in [5, 5.41) is 11.5. The molecule has 3 aromatic rings. The Labute approximate surface area is 180 Å². The van der Waals surface area contributed by atoms with E-state index in [1.165, 1.54) is 40.5 Å². The standard InChI is InChI=1S/C22H16ClFN2O3S/c23-14-5-2-6-15-17(14)25-22(30-15)26-18(11-7-9-13(24)10-8-11)16(20(28)21(26)29)19(27)12-3-1-4-12/h2,5-10,12,18,28H,1,3-4H2. The van der Waals surface area contributed by atoms with Gasteiger partial charge in [-0.15, -0.1) is 0 Å². The number of hydrogen-bond acceptors (Lipinski definition) is 5. The van der Waals surface area contributed by atoms with Crippen LogP contribution in [-0.2, 0) is 9.59 Å². The minimum Gasteiger partial charge on any atom is -0.503 e. The highest BCUT2D eigenvalue weighted by atomic mass is 35.5. The van der Waals surface area contributed by atoms with Crippen molar-refractivity contribution < 1.29 is 19.1 Å². The van der Waals surface area contributed by atoms with Crippen LogP contribution >= 0.6 is 22.9 Å². The highest BCUT2D eigenvalue weighted by molar-refractivity contribution is 7.22. The maximum atomic E-state index is 13.5. The zero-order valence-corrected chi connectivity index (χ0v) is 17.2. The number of Topliss-reactive ketones (excluding diaryl/α,β-unsaturated/α-hetero) is 1. The van der Waals surface area contributed by atoms with E-state index in [0.717, 1.165) is 24.0 Å². The molecule has 152 valence electrons. The van der Waals surface area contributed by atoms with Gasteiger partial charge in [0.15, 0.2) is 16.7 Å². The van der Waals surface area contributed by atoms with Crippen molar-refractivity contribution in [3.8, 4) is 0 Å². The molecule has 1 N–H and O–H groups in total. The first-order chi connectivity index (χ1) is 14.5. The number of amides is 1. The Bertz CT molecular complexity index is 1220. The fraction of sp³-hybridized carbons (Fsp3) is 0.227. The summed E-state index contributed by atoms with van der Waals surface area (Å²) in [6.07, 6.45) is 2.41. The van der Waals surface area contributed by atoms with Gasteiger partial charge in [0.2, 0.25) is 0 Å². The Balaban J connectivity index is 1.66. The van der Waals surface area contributed by atoms with E-state index in [2.05, 4.69) is 4.98 Å². The fourth-order valence-electron chi connectivity index (χ4n) is 3.91. The summed E-state index contributed by atoms with van der Waals surface area (Å²) in [5.74, 6) is -2.12. The van der Waals surface area contributed by atoms with E-state index < -0.39 is 23.5 Å². The van der Waals surface area contributed by atoms with Crippen LogP contribution in [0.2, 0.25) is 5.02 Å². The Morgan fingerprint density at radius 2 is 1.93 bits per heavy atom. The summed E-state index contributed by atoms with van der Waals surface area (Å²) >= 11 is 7.49. The minimum absolute atomic E-state index is 0.0571. The van der Waals surface area contributed by atoms with E-state index >= 15 is 0 Å². The Hall–Kier alpha value is -2.77. The molecule has 1 unspecified atom stereocenters. The molecule has 1 amide bonds. The number of hydrogen-bond donors (Lipinski definition) is 1. The molecule has 2 aliphatic rings. The summed E-state index contributed by atoms with van der Waals surface area (Å²) in [5.41, 5.74) is 1.13. The van der Waals surface area contributed by atoms with Gasteiger partial charge in [0.1, 0.15) is 11.3 Å². The second-order valence-corrected chi connectivity index (χ2v) is 8.88. The molecule has 0 bridgehead atoms. The number of nitrogens with zero attached hydrogens (tertiary/aromatic N) is 2. The molecule has 0 spiro atoms. The zero-order valence-electron chi connectivity index (χ0n) is 15.6. The lowest BCUT2D eigenvalue weighted by atomic mass is 9.77. The van der Waals surface area contributed by atoms with Gasteiger partial charge in [-0.1, -0.05) is 47.6 Å². The first kappa shape index (κ1) is 19.2. The highest BCUT2D eigenvalue weighted by Gasteiger charge is 2.47. The predicted octanol–water partition coefficient (Wildman–Crippen LogP) is 5.36. The van der Waals surface area contributed by atoms with E-state index in [4.69, 9.17) is 11.6 Å². The van der Waals surface area contributed by atoms with Gasteiger partial charge >= 0.3 is 0 Å². The minimum atomic E-state index is -0.870. The third-order valence-corrected chi connectivity index (χ3v) is 7.02. The van der Waals surface area contributed by atoms with Crippen LogP contribution in [0.4, 0.5) is 9.52 Å². The van der Waals surface area contributed by atoms with Crippen LogP contribution in [0.15, 0.2) is 53.8 Å². The van der Waals surface area contributed by atoms with Gasteiger partial charge in [-0.2, -0.15) is 0 Å². The molecule has 5 nitrogen and oxygen atoms in total. The number of thiazole rings is 1. The largest absolute Gasteiger partial charge is 0.503 e. The van der Waals surface area contributed by atoms with Crippen LogP contribution in [0.25, 0.3) is 10.2 Å². The van der Waals surface area contributed by atoms with Crippen LogP contribution in [-0.4, -0.2) is 21.8 Å². The number of aromatic nitrogens is 1. The number of benzene rings is 2. The lowest BCUT2D eigenvalue weighted by molar-refractivity contribution is -0.122. The van der Waals surface area contributed by atoms with E-state index in [1.807, 2.05) is 6.07 Å². The monoisotopic (exact) mass is 442 g/mol. The smallest absolute Gasteiger partial charge is 0.296 e. The van der Waals surface area contributed by atoms with Crippen molar-refractivity contribution in [2.24, 2.45) is 5.92 Å². The second kappa shape index (κ2) is 7.18. The molecule has 1 atom stereocenters. The summed E-state index contributed by atoms with van der Waals surface area (Å²) in [7, 11) is 0. The molecule has 30 heavy (non-hydrogen) atoms. The number of ketones is 1. The van der Waals surface area contributed by atoms with Gasteiger partial charge in [0, 0.05) is 5.92 Å². The molecule has 0 saturated heterocycles. The highest BCUT2D eigenvalue weighted by Crippen LogP contribution is 2.46. The number of fused-ring (bicyclic) bond motifs is 1. The first-order valence-electron chi connectivity index (χ1n) is 9.57. The average molecular weight is 443 g/mol. The van der Waals surface area contributed by atoms with Gasteiger partial charge in [0.25, 0.3) is 5.91 Å². The molecule has 2 heterocycles. The normalized spacial score (nSPS) is 19.6. The van der Waals surface area contributed by atoms with Gasteiger partial charge in [-0.3, -0.25) is 14.5 Å². The van der Waals surface area contributed by atoms with Gasteiger partial charge < -0.3 is 5.11 Å². The summed E-state index contributed by atoms with van der Waals surface area (Å²) in [6.45, 7) is 0. The summed E-state index contributed by atoms with van der Waals surface area (Å²) < 4.78 is 14.3. The first-order valence-corrected chi connectivity index (χ1v) is 10.8. The molecule has 0 radical (unpaired) electrons. The second-order valence-electron chi connectivity index (χ2n) is 7.47. The average Bonchev–Trinajstić information content (AvgIpc) is 3.21. The van der Waals surface area contributed by atoms with Crippen LogP contribution in [0.1, 0.15) is 30.9 Å². The summed E-state index contributed by atoms with van der Waals surface area (Å²) in [6, 6.07) is 10.0. The number of rotatable bonds is 4. The van der Waals surface area contributed by atoms with Crippen LogP contribution in [0.3, 0.4) is 0 Å². The number of para-hydroxylation sites is 1. The van der Waals surface area contributed by atoms with Gasteiger partial charge in [-0.25, -0.2) is 9.37 Å². The molecule has 1 aliphatic carbocycles. The van der Waals surface area contributed by atoms with E-state index in [9.17, 15) is 19.1 Å². The third kappa shape index (κ3) is 2.92. The number of aliphatic hydroxyl groups excluding tert-OH is 1. The third-order valence-electron chi connectivity index (χ3n) is 5.70. The zero-order chi connectivity index (χ0) is 21.0. The molecule has 2 aromatic carbocycles. The maximum absolute atomic E-state index is 13.5. The van der Waals surface area contributed by atoms with Crippen molar-refractivity contribution in [3.63, 3.8) is 0 Å². The number of carbonyl (C=O) groups excluding carboxylic acids is 2. The summed E-state index contributed by atoms with van der Waals surface area (Å²) in [4.78, 5) is 32.0. The number of anilines is 1. The Kier molecular flexibility index (Phi) is 4.60. The van der Waals surface area contributed by atoms with E-state index in [1.54, 1.807) is 12.1 Å². The molecule has 1 aromatic heterocycles. The molecule has 5 rings (SSSR count). The molecule has 1 aliphatic heterocycles. The van der Waals surface area contributed by atoms with Crippen LogP contribution in [0.5, 0.6) is 0 Å². The van der Waals surface area contributed by atoms with Crippen molar-refractivity contribution >= 4 is 50.0 Å². The SMILES string of the molecule is O=C(C1=C(O)C(=O)N(c2nc3c(Cl)cccc3s2)C1c1ccc(F)cc1)C1CCC1. The topological polar surface area (TPSA) is 70.5 Å². The molecular weight excluding hydrogens is 427 g/mol. The van der Waals surface area contributed by atoms with Gasteiger partial charge in [-0.05, 0) is 42.7 Å². The molecule has 1 saturated carbocycles.